The van der Waals surface area contributed by atoms with Gasteiger partial charge in [0.15, 0.2) is 23.5 Å². The topological polar surface area (TPSA) is 192 Å². The molecule has 0 unspecified atom stereocenters. The van der Waals surface area contributed by atoms with Crippen molar-refractivity contribution in [2.75, 3.05) is 26.4 Å². The van der Waals surface area contributed by atoms with Gasteiger partial charge in [-0.1, -0.05) is 104 Å². The van der Waals surface area contributed by atoms with E-state index in [0.29, 0.717) is 22.4 Å². The maximum absolute atomic E-state index is 12.7. The van der Waals surface area contributed by atoms with Gasteiger partial charge in [0, 0.05) is 46.5 Å². The summed E-state index contributed by atoms with van der Waals surface area (Å²) in [7, 11) is 0. The highest BCUT2D eigenvalue weighted by Crippen LogP contribution is 2.29. The third kappa shape index (κ3) is 13.3. The lowest BCUT2D eigenvalue weighted by Gasteiger charge is -2.20. The summed E-state index contributed by atoms with van der Waals surface area (Å²) in [6, 6.07) is 38.8. The van der Waals surface area contributed by atoms with Crippen LogP contribution < -0.4 is 14.2 Å². The summed E-state index contributed by atoms with van der Waals surface area (Å²) in [5.41, 5.74) is 1.97. The number of esters is 2. The number of carbonyl (C=O) groups excluding carboxylic acids is 5. The fourth-order valence-electron chi connectivity index (χ4n) is 5.72. The number of ether oxygens (including phenoxy) is 5. The van der Waals surface area contributed by atoms with E-state index >= 15 is 0 Å². The first-order valence-electron chi connectivity index (χ1n) is 19.7. The fraction of sp³-hybridized carbons (Fsp3) is 0.118. The minimum Gasteiger partial charge on any atom is -0.507 e. The van der Waals surface area contributed by atoms with Crippen LogP contribution in [0.25, 0.3) is 0 Å². The number of benzene rings is 6. The SMILES string of the molecule is C=C(C)C(=O)OC(COc1ccc(C(=O)c2ccccc2)c(O)c1)COc1ccc(C(=O)c2ccccc2)c(O)c1.C=CC(=O)OCCOc1ccc(C(=O)c2ccccc2)c(O)c1. The zero-order valence-corrected chi connectivity index (χ0v) is 34.7. The van der Waals surface area contributed by atoms with E-state index in [-0.39, 0.29) is 94.8 Å². The van der Waals surface area contributed by atoms with Gasteiger partial charge in [-0.25, -0.2) is 9.59 Å². The van der Waals surface area contributed by atoms with Gasteiger partial charge in [0.2, 0.25) is 0 Å². The van der Waals surface area contributed by atoms with Crippen LogP contribution in [0.3, 0.4) is 0 Å². The molecule has 326 valence electrons. The second-order valence-electron chi connectivity index (χ2n) is 13.8. The largest absolute Gasteiger partial charge is 0.507 e. The predicted molar refractivity (Wildman–Crippen MR) is 236 cm³/mol. The number of carbonyl (C=O) groups is 5. The van der Waals surface area contributed by atoms with E-state index in [9.17, 15) is 39.3 Å². The minimum absolute atomic E-state index is 0.0658. The Kier molecular flexibility index (Phi) is 16.7. The van der Waals surface area contributed by atoms with Crippen LogP contribution in [-0.4, -0.2) is 77.1 Å². The molecule has 0 amide bonds. The Labute approximate surface area is 369 Å². The molecule has 0 aliphatic carbocycles. The van der Waals surface area contributed by atoms with Crippen LogP contribution in [-0.2, 0) is 19.1 Å². The molecular weight excluding hydrogens is 821 g/mol. The number of rotatable bonds is 19. The van der Waals surface area contributed by atoms with Crippen molar-refractivity contribution < 1.29 is 63.0 Å². The van der Waals surface area contributed by atoms with Gasteiger partial charge in [-0.15, -0.1) is 0 Å². The number of ketones is 3. The molecule has 0 aliphatic heterocycles. The molecule has 0 saturated heterocycles. The summed E-state index contributed by atoms with van der Waals surface area (Å²) in [5.74, 6) is -1.95. The number of hydrogen-bond donors (Lipinski definition) is 3. The zero-order chi connectivity index (χ0) is 46.0. The van der Waals surface area contributed by atoms with Crippen LogP contribution in [0.15, 0.2) is 170 Å². The molecule has 64 heavy (non-hydrogen) atoms. The normalized spacial score (nSPS) is 10.3. The van der Waals surface area contributed by atoms with E-state index in [0.717, 1.165) is 6.08 Å². The number of phenols is 3. The summed E-state index contributed by atoms with van der Waals surface area (Å²) in [4.78, 5) is 60.7. The Morgan fingerprint density at radius 2 is 0.891 bits per heavy atom. The third-order valence-electron chi connectivity index (χ3n) is 9.01. The van der Waals surface area contributed by atoms with Gasteiger partial charge in [-0.3, -0.25) is 14.4 Å². The van der Waals surface area contributed by atoms with E-state index in [1.54, 1.807) is 91.0 Å². The Bertz CT molecular complexity index is 2500. The van der Waals surface area contributed by atoms with Crippen molar-refractivity contribution in [2.45, 2.75) is 13.0 Å². The molecule has 13 heteroatoms. The molecule has 0 fully saturated rings. The Morgan fingerprint density at radius 3 is 1.22 bits per heavy atom. The van der Waals surface area contributed by atoms with Gasteiger partial charge in [0.1, 0.15) is 60.9 Å². The highest BCUT2D eigenvalue weighted by atomic mass is 16.6. The Morgan fingerprint density at radius 1 is 0.531 bits per heavy atom. The molecule has 13 nitrogen and oxygen atoms in total. The maximum atomic E-state index is 12.7. The average Bonchev–Trinajstić information content (AvgIpc) is 3.31. The number of phenolic OH excluding ortho intramolecular Hbond substituents is 3. The average molecular weight is 865 g/mol. The molecule has 0 spiro atoms. The zero-order valence-electron chi connectivity index (χ0n) is 34.7. The van der Waals surface area contributed by atoms with Crippen molar-refractivity contribution in [3.8, 4) is 34.5 Å². The van der Waals surface area contributed by atoms with E-state index in [4.69, 9.17) is 23.7 Å². The van der Waals surface area contributed by atoms with Gasteiger partial charge < -0.3 is 39.0 Å². The number of hydrogen-bond acceptors (Lipinski definition) is 13. The van der Waals surface area contributed by atoms with Crippen LogP contribution in [0.1, 0.15) is 54.7 Å². The van der Waals surface area contributed by atoms with Crippen molar-refractivity contribution in [3.63, 3.8) is 0 Å². The monoisotopic (exact) mass is 864 g/mol. The van der Waals surface area contributed by atoms with Crippen LogP contribution in [0.4, 0.5) is 0 Å². The smallest absolute Gasteiger partial charge is 0.333 e. The fourth-order valence-corrected chi connectivity index (χ4v) is 5.72. The lowest BCUT2D eigenvalue weighted by atomic mass is 10.0. The quantitative estimate of drug-likeness (QED) is 0.0306. The van der Waals surface area contributed by atoms with Crippen molar-refractivity contribution >= 4 is 29.3 Å². The van der Waals surface area contributed by atoms with Gasteiger partial charge in [-0.05, 0) is 43.3 Å². The molecule has 0 bridgehead atoms. The van der Waals surface area contributed by atoms with Gasteiger partial charge in [-0.2, -0.15) is 0 Å². The second-order valence-corrected chi connectivity index (χ2v) is 13.8. The summed E-state index contributed by atoms with van der Waals surface area (Å²) in [6.45, 7) is 8.26. The van der Waals surface area contributed by atoms with E-state index in [1.807, 2.05) is 6.07 Å². The third-order valence-corrected chi connectivity index (χ3v) is 9.01. The maximum Gasteiger partial charge on any atom is 0.333 e. The minimum atomic E-state index is -0.903. The summed E-state index contributed by atoms with van der Waals surface area (Å²) in [6.07, 6.45) is 0.162. The molecule has 0 heterocycles. The molecule has 0 aliphatic rings. The first kappa shape index (κ1) is 46.6. The Balaban J connectivity index is 0.000000283. The molecule has 0 aromatic heterocycles. The molecule has 0 atom stereocenters. The van der Waals surface area contributed by atoms with Gasteiger partial charge in [0.25, 0.3) is 0 Å². The van der Waals surface area contributed by atoms with Crippen LogP contribution in [0.5, 0.6) is 34.5 Å². The first-order valence-corrected chi connectivity index (χ1v) is 19.7. The van der Waals surface area contributed by atoms with Crippen molar-refractivity contribution in [1.82, 2.24) is 0 Å². The van der Waals surface area contributed by atoms with Crippen molar-refractivity contribution in [3.05, 3.63) is 204 Å². The van der Waals surface area contributed by atoms with Gasteiger partial charge >= 0.3 is 11.9 Å². The highest BCUT2D eigenvalue weighted by Gasteiger charge is 2.21. The summed E-state index contributed by atoms with van der Waals surface area (Å²) >= 11 is 0. The number of aromatic hydroxyl groups is 3. The highest BCUT2D eigenvalue weighted by molar-refractivity contribution is 6.12. The lowest BCUT2D eigenvalue weighted by Crippen LogP contribution is -2.31. The lowest BCUT2D eigenvalue weighted by molar-refractivity contribution is -0.147. The molecule has 0 radical (unpaired) electrons. The summed E-state index contributed by atoms with van der Waals surface area (Å²) < 4.78 is 27.0. The van der Waals surface area contributed by atoms with Crippen molar-refractivity contribution in [1.29, 1.82) is 0 Å². The van der Waals surface area contributed by atoms with Crippen molar-refractivity contribution in [2.24, 2.45) is 0 Å². The Hall–Kier alpha value is -8.45. The molecule has 3 N–H and O–H groups in total. The van der Waals surface area contributed by atoms with Gasteiger partial charge in [0.05, 0.1) is 16.7 Å². The van der Waals surface area contributed by atoms with E-state index in [2.05, 4.69) is 13.2 Å². The van der Waals surface area contributed by atoms with Crippen LogP contribution >= 0.6 is 0 Å². The molecule has 6 aromatic carbocycles. The predicted octanol–water partition coefficient (Wildman–Crippen LogP) is 8.24. The second kappa shape index (κ2) is 23.0. The molecule has 6 rings (SSSR count). The van der Waals surface area contributed by atoms with E-state index < -0.39 is 18.0 Å². The molecular formula is C51H44O13. The van der Waals surface area contributed by atoms with Crippen LogP contribution in [0, 0.1) is 0 Å². The van der Waals surface area contributed by atoms with E-state index in [1.165, 1.54) is 55.5 Å². The first-order chi connectivity index (χ1) is 30.8. The van der Waals surface area contributed by atoms with Crippen LogP contribution in [0.2, 0.25) is 0 Å². The molecule has 0 saturated carbocycles. The standard InChI is InChI=1S/C33H28O8.C18H16O5/c1-21(2)33(38)41-26(19-39-24-13-15-27(29(34)17-24)31(36)22-9-5-3-6-10-22)20-40-25-14-16-28(30(35)18-25)32(37)23-11-7-4-8-12-23;1-2-17(20)23-11-10-22-14-8-9-15(16(19)12-14)18(21)13-6-4-3-5-7-13/h3-18,26,34-35H,1,19-20H2,2H3;2-9,12,19H,1,10-11H2. The summed E-state index contributed by atoms with van der Waals surface area (Å²) in [5, 5.41) is 30.9. The molecule has 6 aromatic rings.